The fourth-order valence-corrected chi connectivity index (χ4v) is 1.72. The largest absolute Gasteiger partial charge is 0.396 e. The molecule has 0 aromatic heterocycles. The number of nitrogens with one attached hydrogen (secondary N) is 2. The van der Waals surface area contributed by atoms with Crippen LogP contribution in [0.1, 0.15) is 32.1 Å². The number of carbonyl (C=O) groups is 1. The number of aliphatic hydroxyl groups is 1. The van der Waals surface area contributed by atoms with Gasteiger partial charge < -0.3 is 15.7 Å². The minimum Gasteiger partial charge on any atom is -0.396 e. The van der Waals surface area contributed by atoms with E-state index in [-0.39, 0.29) is 18.6 Å². The summed E-state index contributed by atoms with van der Waals surface area (Å²) in [6.07, 6.45) is 4.74. The summed E-state index contributed by atoms with van der Waals surface area (Å²) >= 11 is 4.82. The topological polar surface area (TPSA) is 61.4 Å². The summed E-state index contributed by atoms with van der Waals surface area (Å²) < 4.78 is 0. The molecule has 1 heterocycles. The van der Waals surface area contributed by atoms with E-state index in [1.165, 1.54) is 0 Å². The minimum absolute atomic E-state index is 0.0165. The Kier molecular flexibility index (Phi) is 4.82. The van der Waals surface area contributed by atoms with Crippen LogP contribution < -0.4 is 10.6 Å². The summed E-state index contributed by atoms with van der Waals surface area (Å²) in [6, 6.07) is -0.142. The van der Waals surface area contributed by atoms with Gasteiger partial charge in [-0.2, -0.15) is 0 Å². The molecule has 5 heteroatoms. The molecule has 0 saturated carbocycles. The Morgan fingerprint density at radius 3 is 2.57 bits per heavy atom. The van der Waals surface area contributed by atoms with Crippen LogP contribution in [0, 0.1) is 0 Å². The molecule has 0 spiro atoms. The number of carbonyl (C=O) groups excluding carboxylic acids is 1. The standard InChI is InChI=1S/C9H16N2O2S/c12-6-4-2-1-3-5-7-8(13)11-9(14)10-7/h7,12H,1-6H2,(H2,10,11,13,14). The summed E-state index contributed by atoms with van der Waals surface area (Å²) in [5.41, 5.74) is 0. The molecule has 14 heavy (non-hydrogen) atoms. The van der Waals surface area contributed by atoms with Crippen molar-refractivity contribution in [2.75, 3.05) is 6.61 Å². The van der Waals surface area contributed by atoms with Crippen molar-refractivity contribution in [1.82, 2.24) is 10.6 Å². The van der Waals surface area contributed by atoms with Gasteiger partial charge in [0.2, 0.25) is 5.91 Å². The first-order valence-electron chi connectivity index (χ1n) is 4.96. The molecule has 0 radical (unpaired) electrons. The van der Waals surface area contributed by atoms with Gasteiger partial charge >= 0.3 is 0 Å². The monoisotopic (exact) mass is 216 g/mol. The predicted molar refractivity (Wildman–Crippen MR) is 57.8 cm³/mol. The van der Waals surface area contributed by atoms with Crippen LogP contribution in [0.3, 0.4) is 0 Å². The lowest BCUT2D eigenvalue weighted by molar-refractivity contribution is -0.120. The fourth-order valence-electron chi connectivity index (χ4n) is 1.48. The van der Waals surface area contributed by atoms with E-state index in [4.69, 9.17) is 17.3 Å². The second kappa shape index (κ2) is 5.93. The molecule has 80 valence electrons. The number of rotatable bonds is 6. The zero-order valence-corrected chi connectivity index (χ0v) is 8.90. The van der Waals surface area contributed by atoms with Crippen molar-refractivity contribution < 1.29 is 9.90 Å². The highest BCUT2D eigenvalue weighted by Gasteiger charge is 2.25. The summed E-state index contributed by atoms with van der Waals surface area (Å²) in [5, 5.41) is 14.5. The molecule has 3 N–H and O–H groups in total. The molecule has 1 rings (SSSR count). The van der Waals surface area contributed by atoms with E-state index >= 15 is 0 Å². The van der Waals surface area contributed by atoms with Crippen molar-refractivity contribution in [1.29, 1.82) is 0 Å². The zero-order chi connectivity index (χ0) is 10.4. The predicted octanol–water partition coefficient (Wildman–Crippen LogP) is 0.302. The zero-order valence-electron chi connectivity index (χ0n) is 8.08. The molecular formula is C9H16N2O2S. The van der Waals surface area contributed by atoms with Crippen LogP contribution in [0.2, 0.25) is 0 Å². The highest BCUT2D eigenvalue weighted by molar-refractivity contribution is 7.80. The Morgan fingerprint density at radius 1 is 1.29 bits per heavy atom. The van der Waals surface area contributed by atoms with Crippen LogP contribution in [0.5, 0.6) is 0 Å². The van der Waals surface area contributed by atoms with Gasteiger partial charge in [-0.1, -0.05) is 19.3 Å². The molecule has 1 unspecified atom stereocenters. The number of aliphatic hydroxyl groups excluding tert-OH is 1. The highest BCUT2D eigenvalue weighted by atomic mass is 32.1. The number of unbranched alkanes of at least 4 members (excludes halogenated alkanes) is 3. The van der Waals surface area contributed by atoms with Crippen molar-refractivity contribution in [3.63, 3.8) is 0 Å². The third-order valence-electron chi connectivity index (χ3n) is 2.26. The van der Waals surface area contributed by atoms with Crippen molar-refractivity contribution in [3.05, 3.63) is 0 Å². The molecular weight excluding hydrogens is 200 g/mol. The first-order chi connectivity index (χ1) is 6.74. The van der Waals surface area contributed by atoms with E-state index in [9.17, 15) is 4.79 Å². The lowest BCUT2D eigenvalue weighted by Gasteiger charge is -2.06. The van der Waals surface area contributed by atoms with E-state index < -0.39 is 0 Å². The van der Waals surface area contributed by atoms with Crippen LogP contribution in [0.25, 0.3) is 0 Å². The van der Waals surface area contributed by atoms with Crippen molar-refractivity contribution in [2.45, 2.75) is 38.1 Å². The maximum atomic E-state index is 11.2. The molecule has 1 aliphatic heterocycles. The summed E-state index contributed by atoms with van der Waals surface area (Å²) in [7, 11) is 0. The molecule has 0 aromatic carbocycles. The molecule has 1 fully saturated rings. The van der Waals surface area contributed by atoms with Crippen LogP contribution in [0.4, 0.5) is 0 Å². The lowest BCUT2D eigenvalue weighted by Crippen LogP contribution is -2.28. The maximum absolute atomic E-state index is 11.2. The maximum Gasteiger partial charge on any atom is 0.248 e. The first-order valence-corrected chi connectivity index (χ1v) is 5.37. The highest BCUT2D eigenvalue weighted by Crippen LogP contribution is 2.07. The van der Waals surface area contributed by atoms with Gasteiger partial charge in [0.25, 0.3) is 0 Å². The Bertz CT molecular complexity index is 221. The second-order valence-electron chi connectivity index (χ2n) is 3.44. The van der Waals surface area contributed by atoms with E-state index in [1.54, 1.807) is 0 Å². The van der Waals surface area contributed by atoms with E-state index in [2.05, 4.69) is 10.6 Å². The molecule has 4 nitrogen and oxygen atoms in total. The number of thiocarbonyl (C=S) groups is 1. The summed E-state index contributed by atoms with van der Waals surface area (Å²) in [5.74, 6) is -0.0165. The van der Waals surface area contributed by atoms with Crippen molar-refractivity contribution in [2.24, 2.45) is 0 Å². The van der Waals surface area contributed by atoms with Crippen molar-refractivity contribution >= 4 is 23.2 Å². The van der Waals surface area contributed by atoms with Gasteiger partial charge in [0.1, 0.15) is 6.04 Å². The molecule has 1 atom stereocenters. The molecule has 0 aliphatic carbocycles. The van der Waals surface area contributed by atoms with Gasteiger partial charge in [-0.25, -0.2) is 0 Å². The molecule has 0 aromatic rings. The summed E-state index contributed by atoms with van der Waals surface area (Å²) in [4.78, 5) is 11.2. The smallest absolute Gasteiger partial charge is 0.248 e. The Hall–Kier alpha value is -0.680. The second-order valence-corrected chi connectivity index (χ2v) is 3.85. The van der Waals surface area contributed by atoms with Gasteiger partial charge in [-0.15, -0.1) is 0 Å². The normalized spacial score (nSPS) is 20.8. The third-order valence-corrected chi connectivity index (χ3v) is 2.48. The van der Waals surface area contributed by atoms with Crippen LogP contribution >= 0.6 is 12.2 Å². The number of amides is 1. The Balaban J connectivity index is 2.07. The molecule has 1 amide bonds. The van der Waals surface area contributed by atoms with Gasteiger partial charge in [-0.3, -0.25) is 4.79 Å². The Morgan fingerprint density at radius 2 is 2.00 bits per heavy atom. The third kappa shape index (κ3) is 3.59. The SMILES string of the molecule is O=C1NC(=S)NC1CCCCCCO. The van der Waals surface area contributed by atoms with Crippen molar-refractivity contribution in [3.8, 4) is 0 Å². The quantitative estimate of drug-likeness (QED) is 0.441. The van der Waals surface area contributed by atoms with E-state index in [0.29, 0.717) is 5.11 Å². The Labute approximate surface area is 89.1 Å². The molecule has 0 bridgehead atoms. The van der Waals surface area contributed by atoms with Gasteiger partial charge in [0, 0.05) is 6.61 Å². The van der Waals surface area contributed by atoms with Crippen LogP contribution in [-0.4, -0.2) is 28.8 Å². The van der Waals surface area contributed by atoms with Crippen LogP contribution in [0.15, 0.2) is 0 Å². The average Bonchev–Trinajstić information content (AvgIpc) is 2.45. The van der Waals surface area contributed by atoms with Crippen LogP contribution in [-0.2, 0) is 4.79 Å². The summed E-state index contributed by atoms with van der Waals surface area (Å²) in [6.45, 7) is 0.256. The van der Waals surface area contributed by atoms with Gasteiger partial charge in [-0.05, 0) is 25.1 Å². The molecule has 1 saturated heterocycles. The van der Waals surface area contributed by atoms with Gasteiger partial charge in [0.05, 0.1) is 0 Å². The first kappa shape index (κ1) is 11.4. The molecule has 1 aliphatic rings. The number of hydrogen-bond acceptors (Lipinski definition) is 3. The van der Waals surface area contributed by atoms with E-state index in [1.807, 2.05) is 0 Å². The number of hydrogen-bond donors (Lipinski definition) is 3. The van der Waals surface area contributed by atoms with E-state index in [0.717, 1.165) is 32.1 Å². The lowest BCUT2D eigenvalue weighted by atomic mass is 10.1. The average molecular weight is 216 g/mol. The fraction of sp³-hybridized carbons (Fsp3) is 0.778. The van der Waals surface area contributed by atoms with Gasteiger partial charge in [0.15, 0.2) is 5.11 Å². The minimum atomic E-state index is -0.142.